The molecule has 0 fully saturated rings. The summed E-state index contributed by atoms with van der Waals surface area (Å²) in [5.41, 5.74) is 0.915. The molecule has 106 valence electrons. The van der Waals surface area contributed by atoms with Crippen molar-refractivity contribution in [3.8, 4) is 5.75 Å². The number of thioether (sulfide) groups is 1. The number of ether oxygens (including phenoxy) is 1. The quantitative estimate of drug-likeness (QED) is 0.617. The molecule has 2 nitrogen and oxygen atoms in total. The standard InChI is InChI=1S/C15H14Cl2O2S/c16-12-3-6-15(14(17)9-12)19-7-8-20-13-4-1-11(10-18)2-5-13/h1-6,9,18H,7-8,10H2. The molecule has 20 heavy (non-hydrogen) atoms. The summed E-state index contributed by atoms with van der Waals surface area (Å²) in [6, 6.07) is 13.0. The van der Waals surface area contributed by atoms with E-state index in [9.17, 15) is 0 Å². The number of rotatable bonds is 6. The third-order valence-corrected chi connectivity index (χ3v) is 4.12. The Labute approximate surface area is 132 Å². The third-order valence-electron chi connectivity index (χ3n) is 2.61. The fourth-order valence-corrected chi connectivity index (χ4v) is 2.79. The van der Waals surface area contributed by atoms with Gasteiger partial charge in [0.2, 0.25) is 0 Å². The summed E-state index contributed by atoms with van der Waals surface area (Å²) >= 11 is 13.5. The molecule has 2 aromatic carbocycles. The summed E-state index contributed by atoms with van der Waals surface area (Å²) in [5, 5.41) is 10.1. The summed E-state index contributed by atoms with van der Waals surface area (Å²) < 4.78 is 5.61. The van der Waals surface area contributed by atoms with Crippen molar-refractivity contribution in [3.05, 3.63) is 58.1 Å². The van der Waals surface area contributed by atoms with Gasteiger partial charge >= 0.3 is 0 Å². The Kier molecular flexibility index (Phi) is 6.05. The van der Waals surface area contributed by atoms with Crippen LogP contribution in [0.2, 0.25) is 10.0 Å². The Bertz CT molecular complexity index is 558. The van der Waals surface area contributed by atoms with E-state index in [0.717, 1.165) is 16.2 Å². The first kappa shape index (κ1) is 15.5. The summed E-state index contributed by atoms with van der Waals surface area (Å²) in [7, 11) is 0. The lowest BCUT2D eigenvalue weighted by molar-refractivity contribution is 0.282. The van der Waals surface area contributed by atoms with Crippen LogP contribution in [0.25, 0.3) is 0 Å². The van der Waals surface area contributed by atoms with E-state index in [1.54, 1.807) is 30.0 Å². The lowest BCUT2D eigenvalue weighted by Crippen LogP contribution is -2.00. The fraction of sp³-hybridized carbons (Fsp3) is 0.200. The van der Waals surface area contributed by atoms with E-state index in [0.29, 0.717) is 22.4 Å². The van der Waals surface area contributed by atoms with Crippen molar-refractivity contribution in [2.24, 2.45) is 0 Å². The molecule has 0 atom stereocenters. The Balaban J connectivity index is 1.78. The Morgan fingerprint density at radius 2 is 1.80 bits per heavy atom. The molecule has 2 rings (SSSR count). The van der Waals surface area contributed by atoms with Gasteiger partial charge < -0.3 is 9.84 Å². The van der Waals surface area contributed by atoms with Crippen molar-refractivity contribution in [2.75, 3.05) is 12.4 Å². The molecular weight excluding hydrogens is 315 g/mol. The van der Waals surface area contributed by atoms with Crippen molar-refractivity contribution in [2.45, 2.75) is 11.5 Å². The lowest BCUT2D eigenvalue weighted by atomic mass is 10.2. The highest BCUT2D eigenvalue weighted by atomic mass is 35.5. The van der Waals surface area contributed by atoms with Crippen LogP contribution in [0.1, 0.15) is 5.56 Å². The van der Waals surface area contributed by atoms with Gasteiger partial charge in [-0.2, -0.15) is 0 Å². The summed E-state index contributed by atoms with van der Waals surface area (Å²) in [5.74, 6) is 1.46. The zero-order valence-corrected chi connectivity index (χ0v) is 13.0. The summed E-state index contributed by atoms with van der Waals surface area (Å²) in [6.07, 6.45) is 0. The Hall–Kier alpha value is -0.870. The molecule has 1 N–H and O–H groups in total. The van der Waals surface area contributed by atoms with Gasteiger partial charge in [-0.3, -0.25) is 0 Å². The maximum absolute atomic E-state index is 8.97. The average Bonchev–Trinajstić information content (AvgIpc) is 2.46. The van der Waals surface area contributed by atoms with Crippen LogP contribution in [0.15, 0.2) is 47.4 Å². The number of benzene rings is 2. The second-order valence-corrected chi connectivity index (χ2v) is 6.09. The second kappa shape index (κ2) is 7.79. The molecule has 0 unspecified atom stereocenters. The minimum absolute atomic E-state index is 0.0725. The minimum atomic E-state index is 0.0725. The molecule has 0 saturated heterocycles. The van der Waals surface area contributed by atoms with Crippen LogP contribution in [0.5, 0.6) is 5.75 Å². The minimum Gasteiger partial charge on any atom is -0.491 e. The Morgan fingerprint density at radius 1 is 1.05 bits per heavy atom. The van der Waals surface area contributed by atoms with Crippen molar-refractivity contribution in [1.82, 2.24) is 0 Å². The highest BCUT2D eigenvalue weighted by Gasteiger charge is 2.02. The highest BCUT2D eigenvalue weighted by molar-refractivity contribution is 7.99. The largest absolute Gasteiger partial charge is 0.491 e. The maximum Gasteiger partial charge on any atom is 0.138 e. The van der Waals surface area contributed by atoms with Gasteiger partial charge in [-0.05, 0) is 35.9 Å². The monoisotopic (exact) mass is 328 g/mol. The fourth-order valence-electron chi connectivity index (χ4n) is 1.59. The van der Waals surface area contributed by atoms with Crippen LogP contribution >= 0.6 is 35.0 Å². The van der Waals surface area contributed by atoms with Crippen molar-refractivity contribution in [1.29, 1.82) is 0 Å². The molecule has 0 aliphatic carbocycles. The topological polar surface area (TPSA) is 29.5 Å². The van der Waals surface area contributed by atoms with Gasteiger partial charge in [-0.1, -0.05) is 35.3 Å². The van der Waals surface area contributed by atoms with Gasteiger partial charge in [0.05, 0.1) is 18.2 Å². The molecule has 0 heterocycles. The molecule has 0 radical (unpaired) electrons. The molecule has 0 amide bonds. The van der Waals surface area contributed by atoms with Crippen LogP contribution in [-0.2, 0) is 6.61 Å². The SMILES string of the molecule is OCc1ccc(SCCOc2ccc(Cl)cc2Cl)cc1. The van der Waals surface area contributed by atoms with Gasteiger partial charge in [0, 0.05) is 15.7 Å². The van der Waals surface area contributed by atoms with Crippen molar-refractivity contribution in [3.63, 3.8) is 0 Å². The van der Waals surface area contributed by atoms with E-state index in [1.165, 1.54) is 0 Å². The predicted molar refractivity (Wildman–Crippen MR) is 85.0 cm³/mol. The second-order valence-electron chi connectivity index (χ2n) is 4.07. The zero-order valence-electron chi connectivity index (χ0n) is 10.7. The van der Waals surface area contributed by atoms with Gasteiger partial charge in [0.25, 0.3) is 0 Å². The molecule has 0 bridgehead atoms. The van der Waals surface area contributed by atoms with E-state index >= 15 is 0 Å². The number of halogens is 2. The molecule has 0 saturated carbocycles. The van der Waals surface area contributed by atoms with E-state index in [-0.39, 0.29) is 6.61 Å². The van der Waals surface area contributed by atoms with Crippen LogP contribution in [0.3, 0.4) is 0 Å². The van der Waals surface area contributed by atoms with Crippen molar-refractivity contribution < 1.29 is 9.84 Å². The Morgan fingerprint density at radius 3 is 2.45 bits per heavy atom. The van der Waals surface area contributed by atoms with E-state index in [2.05, 4.69) is 0 Å². The normalized spacial score (nSPS) is 10.6. The predicted octanol–water partition coefficient (Wildman–Crippen LogP) is 4.66. The number of hydrogen-bond donors (Lipinski definition) is 1. The number of hydrogen-bond acceptors (Lipinski definition) is 3. The van der Waals surface area contributed by atoms with Crippen LogP contribution in [0.4, 0.5) is 0 Å². The molecule has 0 aliphatic heterocycles. The maximum atomic E-state index is 8.97. The first-order valence-electron chi connectivity index (χ1n) is 6.09. The number of aliphatic hydroxyl groups excluding tert-OH is 1. The molecule has 5 heteroatoms. The third kappa shape index (κ3) is 4.60. The molecule has 0 aliphatic rings. The van der Waals surface area contributed by atoms with Crippen LogP contribution in [-0.4, -0.2) is 17.5 Å². The van der Waals surface area contributed by atoms with Gasteiger partial charge in [-0.25, -0.2) is 0 Å². The van der Waals surface area contributed by atoms with E-state index in [1.807, 2.05) is 24.3 Å². The first-order valence-corrected chi connectivity index (χ1v) is 7.83. The molecule has 0 spiro atoms. The van der Waals surface area contributed by atoms with Crippen LogP contribution < -0.4 is 4.74 Å². The van der Waals surface area contributed by atoms with Crippen molar-refractivity contribution >= 4 is 35.0 Å². The molecule has 2 aromatic rings. The van der Waals surface area contributed by atoms with Gasteiger partial charge in [0.15, 0.2) is 0 Å². The lowest BCUT2D eigenvalue weighted by Gasteiger charge is -2.08. The number of aliphatic hydroxyl groups is 1. The van der Waals surface area contributed by atoms with Crippen LogP contribution in [0, 0.1) is 0 Å². The highest BCUT2D eigenvalue weighted by Crippen LogP contribution is 2.28. The zero-order chi connectivity index (χ0) is 14.4. The van der Waals surface area contributed by atoms with E-state index < -0.39 is 0 Å². The molecular formula is C15H14Cl2O2S. The van der Waals surface area contributed by atoms with Gasteiger partial charge in [0.1, 0.15) is 5.75 Å². The smallest absolute Gasteiger partial charge is 0.138 e. The summed E-state index contributed by atoms with van der Waals surface area (Å²) in [6.45, 7) is 0.636. The van der Waals surface area contributed by atoms with Gasteiger partial charge in [-0.15, -0.1) is 11.8 Å². The molecule has 0 aromatic heterocycles. The average molecular weight is 329 g/mol. The first-order chi connectivity index (χ1) is 9.69. The summed E-state index contributed by atoms with van der Waals surface area (Å²) in [4.78, 5) is 1.15. The van der Waals surface area contributed by atoms with E-state index in [4.69, 9.17) is 33.0 Å².